The maximum atomic E-state index is 6.04. The predicted octanol–water partition coefficient (Wildman–Crippen LogP) is 7.09. The molecule has 3 aromatic carbocycles. The number of hydrogen-bond donors (Lipinski definition) is 1. The summed E-state index contributed by atoms with van der Waals surface area (Å²) in [5.41, 5.74) is 3.60. The van der Waals surface area contributed by atoms with E-state index in [0.29, 0.717) is 12.6 Å². The zero-order chi connectivity index (χ0) is 20.5. The van der Waals surface area contributed by atoms with Crippen molar-refractivity contribution in [3.8, 4) is 11.5 Å². The van der Waals surface area contributed by atoms with Crippen LogP contribution in [-0.2, 0) is 13.2 Å². The van der Waals surface area contributed by atoms with Crippen molar-refractivity contribution < 1.29 is 9.47 Å². The van der Waals surface area contributed by atoms with Crippen LogP contribution in [0.5, 0.6) is 11.5 Å². The Hall–Kier alpha value is -2.01. The average molecular weight is 491 g/mol. The second kappa shape index (κ2) is 12.6. The molecule has 0 saturated carbocycles. The monoisotopic (exact) mass is 489 g/mol. The van der Waals surface area contributed by atoms with Crippen LogP contribution < -0.4 is 14.8 Å². The van der Waals surface area contributed by atoms with Crippen LogP contribution in [-0.4, -0.2) is 7.11 Å². The molecule has 0 spiro atoms. The summed E-state index contributed by atoms with van der Waals surface area (Å²) in [4.78, 5) is 0. The molecule has 3 rings (SSSR count). The number of rotatable bonds is 10. The van der Waals surface area contributed by atoms with Crippen LogP contribution in [0.3, 0.4) is 0 Å². The molecule has 0 aliphatic heterocycles. The summed E-state index contributed by atoms with van der Waals surface area (Å²) in [6, 6.07) is 25.2. The van der Waals surface area contributed by atoms with Crippen molar-refractivity contribution in [1.29, 1.82) is 0 Å². The lowest BCUT2D eigenvalue weighted by Crippen LogP contribution is -2.20. The predicted molar refractivity (Wildman–Crippen MR) is 130 cm³/mol. The molecule has 0 aliphatic rings. The molecule has 0 bridgehead atoms. The molecule has 3 aromatic rings. The van der Waals surface area contributed by atoms with Crippen molar-refractivity contribution in [2.24, 2.45) is 0 Å². The van der Waals surface area contributed by atoms with E-state index in [4.69, 9.17) is 9.47 Å². The highest BCUT2D eigenvalue weighted by Gasteiger charge is 2.14. The van der Waals surface area contributed by atoms with Crippen LogP contribution in [0.4, 0.5) is 0 Å². The zero-order valence-corrected chi connectivity index (χ0v) is 19.8. The van der Waals surface area contributed by atoms with Gasteiger partial charge in [-0.15, -0.1) is 12.4 Å². The Labute approximate surface area is 194 Å². The normalized spacial score (nSPS) is 11.4. The van der Waals surface area contributed by atoms with Gasteiger partial charge in [-0.05, 0) is 51.2 Å². The summed E-state index contributed by atoms with van der Waals surface area (Å²) in [5.74, 6) is 1.46. The van der Waals surface area contributed by atoms with E-state index in [1.807, 2.05) is 24.3 Å². The van der Waals surface area contributed by atoms with E-state index in [2.05, 4.69) is 76.7 Å². The molecule has 5 heteroatoms. The third kappa shape index (κ3) is 6.76. The maximum absolute atomic E-state index is 6.04. The fraction of sp³-hybridized carbons (Fsp3) is 0.280. The number of halogens is 2. The van der Waals surface area contributed by atoms with Crippen LogP contribution in [0.2, 0.25) is 0 Å². The van der Waals surface area contributed by atoms with Gasteiger partial charge in [-0.2, -0.15) is 0 Å². The lowest BCUT2D eigenvalue weighted by Gasteiger charge is -2.20. The Morgan fingerprint density at radius 2 is 1.60 bits per heavy atom. The van der Waals surface area contributed by atoms with Gasteiger partial charge in [0.05, 0.1) is 11.6 Å². The van der Waals surface area contributed by atoms with E-state index in [-0.39, 0.29) is 12.4 Å². The van der Waals surface area contributed by atoms with Crippen molar-refractivity contribution in [2.45, 2.75) is 39.0 Å². The minimum absolute atomic E-state index is 0. The number of methoxy groups -OCH3 is 1. The van der Waals surface area contributed by atoms with Gasteiger partial charge in [-0.25, -0.2) is 0 Å². The molecule has 0 heterocycles. The first-order valence-corrected chi connectivity index (χ1v) is 10.8. The van der Waals surface area contributed by atoms with Crippen molar-refractivity contribution in [2.75, 3.05) is 7.11 Å². The van der Waals surface area contributed by atoms with Crippen LogP contribution in [0.15, 0.2) is 77.3 Å². The summed E-state index contributed by atoms with van der Waals surface area (Å²) in [5, 5.41) is 3.69. The highest BCUT2D eigenvalue weighted by atomic mass is 79.9. The molecule has 30 heavy (non-hydrogen) atoms. The van der Waals surface area contributed by atoms with Crippen LogP contribution in [0.1, 0.15) is 42.5 Å². The Morgan fingerprint density at radius 1 is 0.933 bits per heavy atom. The molecule has 0 saturated heterocycles. The second-order valence-corrected chi connectivity index (χ2v) is 7.87. The molecule has 0 amide bonds. The fourth-order valence-corrected chi connectivity index (χ4v) is 3.95. The standard InChI is InChI=1S/C25H28BrNO2.ClH/c1-3-10-23(21-13-8-5-9-14-21)27-17-20-15-22(26)25(24(16-20)28-2)29-18-19-11-6-4-7-12-19;/h4-9,11-16,23,27H,3,10,17-18H2,1-2H3;1H. The van der Waals surface area contributed by atoms with Crippen LogP contribution in [0.25, 0.3) is 0 Å². The number of benzene rings is 3. The molecule has 160 valence electrons. The molecule has 0 aliphatic carbocycles. The zero-order valence-electron chi connectivity index (χ0n) is 17.4. The fourth-order valence-electron chi connectivity index (χ4n) is 3.35. The van der Waals surface area contributed by atoms with E-state index in [1.54, 1.807) is 7.11 Å². The summed E-state index contributed by atoms with van der Waals surface area (Å²) in [7, 11) is 1.68. The van der Waals surface area contributed by atoms with Gasteiger partial charge in [-0.3, -0.25) is 0 Å². The smallest absolute Gasteiger partial charge is 0.175 e. The van der Waals surface area contributed by atoms with Crippen molar-refractivity contribution in [1.82, 2.24) is 5.32 Å². The van der Waals surface area contributed by atoms with E-state index in [9.17, 15) is 0 Å². The van der Waals surface area contributed by atoms with Gasteiger partial charge in [0.25, 0.3) is 0 Å². The van der Waals surface area contributed by atoms with Gasteiger partial charge in [0.1, 0.15) is 6.61 Å². The summed E-state index contributed by atoms with van der Waals surface area (Å²) in [6.07, 6.45) is 2.23. The van der Waals surface area contributed by atoms with Gasteiger partial charge in [-0.1, -0.05) is 74.0 Å². The SMILES string of the molecule is CCCC(NCc1cc(Br)c(OCc2ccccc2)c(OC)c1)c1ccccc1.Cl. The Kier molecular flexibility index (Phi) is 10.2. The first-order chi connectivity index (χ1) is 14.2. The molecular formula is C25H29BrClNO2. The van der Waals surface area contributed by atoms with Gasteiger partial charge in [0.2, 0.25) is 0 Å². The molecule has 0 radical (unpaired) electrons. The quantitative estimate of drug-likeness (QED) is 0.329. The Balaban J connectivity index is 0.00000320. The number of hydrogen-bond acceptors (Lipinski definition) is 3. The Morgan fingerprint density at radius 3 is 2.23 bits per heavy atom. The largest absolute Gasteiger partial charge is 0.493 e. The van der Waals surface area contributed by atoms with E-state index in [1.165, 1.54) is 5.56 Å². The maximum Gasteiger partial charge on any atom is 0.175 e. The van der Waals surface area contributed by atoms with Crippen LogP contribution >= 0.6 is 28.3 Å². The minimum Gasteiger partial charge on any atom is -0.493 e. The van der Waals surface area contributed by atoms with E-state index in [0.717, 1.165) is 46.5 Å². The van der Waals surface area contributed by atoms with Crippen LogP contribution in [0, 0.1) is 0 Å². The van der Waals surface area contributed by atoms with Crippen molar-refractivity contribution >= 4 is 28.3 Å². The van der Waals surface area contributed by atoms with E-state index < -0.39 is 0 Å². The van der Waals surface area contributed by atoms with Gasteiger partial charge < -0.3 is 14.8 Å². The first kappa shape index (κ1) is 24.3. The first-order valence-electron chi connectivity index (χ1n) is 10.0. The lowest BCUT2D eigenvalue weighted by molar-refractivity contribution is 0.282. The van der Waals surface area contributed by atoms with Crippen molar-refractivity contribution in [3.63, 3.8) is 0 Å². The number of ether oxygens (including phenoxy) is 2. The third-order valence-corrected chi connectivity index (χ3v) is 5.44. The molecule has 1 unspecified atom stereocenters. The molecular weight excluding hydrogens is 462 g/mol. The molecule has 1 N–H and O–H groups in total. The molecule has 1 atom stereocenters. The molecule has 0 aromatic heterocycles. The third-order valence-electron chi connectivity index (χ3n) is 4.85. The van der Waals surface area contributed by atoms with Gasteiger partial charge >= 0.3 is 0 Å². The Bertz CT molecular complexity index is 890. The molecule has 0 fully saturated rings. The number of nitrogens with one attached hydrogen (secondary N) is 1. The minimum atomic E-state index is 0. The van der Waals surface area contributed by atoms with Crippen molar-refractivity contribution in [3.05, 3.63) is 94.0 Å². The van der Waals surface area contributed by atoms with Gasteiger partial charge in [0, 0.05) is 12.6 Å². The summed E-state index contributed by atoms with van der Waals surface area (Å²) >= 11 is 3.66. The average Bonchev–Trinajstić information content (AvgIpc) is 2.76. The summed E-state index contributed by atoms with van der Waals surface area (Å²) in [6.45, 7) is 3.48. The highest BCUT2D eigenvalue weighted by molar-refractivity contribution is 9.10. The second-order valence-electron chi connectivity index (χ2n) is 7.02. The molecule has 3 nitrogen and oxygen atoms in total. The van der Waals surface area contributed by atoms with E-state index >= 15 is 0 Å². The highest BCUT2D eigenvalue weighted by Crippen LogP contribution is 2.37. The lowest BCUT2D eigenvalue weighted by atomic mass is 10.0. The van der Waals surface area contributed by atoms with Gasteiger partial charge in [0.15, 0.2) is 11.5 Å². The topological polar surface area (TPSA) is 30.5 Å². The summed E-state index contributed by atoms with van der Waals surface area (Å²) < 4.78 is 12.6.